The largest absolute Gasteiger partial charge is 0.452 e. The van der Waals surface area contributed by atoms with Crippen molar-refractivity contribution in [2.24, 2.45) is 0 Å². The third kappa shape index (κ3) is 2.62. The van der Waals surface area contributed by atoms with E-state index in [0.29, 0.717) is 12.0 Å². The second-order valence-electron chi connectivity index (χ2n) is 4.78. The number of rotatable bonds is 3. The zero-order chi connectivity index (χ0) is 14.0. The highest BCUT2D eigenvalue weighted by molar-refractivity contribution is 5.89. The molecule has 4 atom stereocenters. The maximum atomic E-state index is 14.3. The van der Waals surface area contributed by atoms with Gasteiger partial charge in [0.25, 0.3) is 0 Å². The minimum atomic E-state index is -2.11. The predicted molar refractivity (Wildman–Crippen MR) is 66.3 cm³/mol. The van der Waals surface area contributed by atoms with Gasteiger partial charge in [-0.1, -0.05) is 25.1 Å². The van der Waals surface area contributed by atoms with E-state index in [1.54, 1.807) is 37.3 Å². The van der Waals surface area contributed by atoms with Crippen LogP contribution in [0.2, 0.25) is 0 Å². The third-order valence-corrected chi connectivity index (χ3v) is 3.33. The molecular weight excluding hydrogens is 251 g/mol. The summed E-state index contributed by atoms with van der Waals surface area (Å²) >= 11 is 0. The van der Waals surface area contributed by atoms with E-state index in [1.165, 1.54) is 6.92 Å². The van der Waals surface area contributed by atoms with Crippen LogP contribution in [0.25, 0.3) is 0 Å². The Morgan fingerprint density at radius 2 is 2.11 bits per heavy atom. The molecule has 0 spiro atoms. The molecule has 1 fully saturated rings. The van der Waals surface area contributed by atoms with Crippen LogP contribution >= 0.6 is 0 Å². The van der Waals surface area contributed by atoms with Gasteiger partial charge in [0.1, 0.15) is 6.10 Å². The van der Waals surface area contributed by atoms with Crippen LogP contribution < -0.4 is 0 Å². The Balaban J connectivity index is 2.15. The van der Waals surface area contributed by atoms with Crippen LogP contribution in [0.4, 0.5) is 4.39 Å². The molecule has 0 unspecified atom stereocenters. The fourth-order valence-electron chi connectivity index (χ4n) is 2.13. The quantitative estimate of drug-likeness (QED) is 0.853. The normalized spacial score (nSPS) is 34.2. The number of ether oxygens (including phenoxy) is 2. The Bertz CT molecular complexity index is 446. The molecule has 0 aliphatic carbocycles. The van der Waals surface area contributed by atoms with E-state index in [-0.39, 0.29) is 0 Å². The summed E-state index contributed by atoms with van der Waals surface area (Å²) in [6.07, 6.45) is -2.88. The zero-order valence-corrected chi connectivity index (χ0v) is 10.9. The molecule has 0 bridgehead atoms. The van der Waals surface area contributed by atoms with Crippen molar-refractivity contribution in [2.75, 3.05) is 0 Å². The first-order valence-corrected chi connectivity index (χ1v) is 6.25. The highest BCUT2D eigenvalue weighted by Gasteiger charge is 2.55. The minimum absolute atomic E-state index is 0.342. The smallest absolute Gasteiger partial charge is 0.338 e. The van der Waals surface area contributed by atoms with Crippen LogP contribution in [-0.4, -0.2) is 35.2 Å². The summed E-state index contributed by atoms with van der Waals surface area (Å²) in [5.41, 5.74) is -1.76. The summed E-state index contributed by atoms with van der Waals surface area (Å²) in [6.45, 7) is 2.96. The number of aliphatic hydroxyl groups is 1. The summed E-state index contributed by atoms with van der Waals surface area (Å²) in [7, 11) is 0. The van der Waals surface area contributed by atoms with Gasteiger partial charge in [0.05, 0.1) is 5.56 Å². The SMILES string of the molecule is CC[C@H]1O[C@@H](O)[C@](C)(F)[C@@H]1OC(=O)c1ccccc1. The van der Waals surface area contributed by atoms with Gasteiger partial charge < -0.3 is 14.6 Å². The topological polar surface area (TPSA) is 55.8 Å². The number of esters is 1. The first-order chi connectivity index (χ1) is 8.96. The Labute approximate surface area is 111 Å². The van der Waals surface area contributed by atoms with Crippen LogP contribution in [-0.2, 0) is 9.47 Å². The van der Waals surface area contributed by atoms with E-state index in [1.807, 2.05) is 0 Å². The van der Waals surface area contributed by atoms with Crippen LogP contribution in [0.3, 0.4) is 0 Å². The number of halogens is 1. The number of hydrogen-bond acceptors (Lipinski definition) is 4. The lowest BCUT2D eigenvalue weighted by molar-refractivity contribution is -0.139. The zero-order valence-electron chi connectivity index (χ0n) is 10.9. The predicted octanol–water partition coefficient (Wildman–Crippen LogP) is 2.07. The maximum absolute atomic E-state index is 14.3. The molecule has 2 rings (SSSR count). The molecule has 5 heteroatoms. The number of benzene rings is 1. The fourth-order valence-corrected chi connectivity index (χ4v) is 2.13. The van der Waals surface area contributed by atoms with Gasteiger partial charge in [0.2, 0.25) is 0 Å². The van der Waals surface area contributed by atoms with Crippen LogP contribution in [0.1, 0.15) is 30.6 Å². The van der Waals surface area contributed by atoms with E-state index in [2.05, 4.69) is 0 Å². The van der Waals surface area contributed by atoms with Crippen LogP contribution in [0.15, 0.2) is 30.3 Å². The summed E-state index contributed by atoms with van der Waals surface area (Å²) in [5.74, 6) is -0.620. The lowest BCUT2D eigenvalue weighted by atomic mass is 9.98. The average Bonchev–Trinajstić information content (AvgIpc) is 2.63. The molecule has 0 saturated carbocycles. The molecule has 4 nitrogen and oxygen atoms in total. The molecule has 1 aromatic carbocycles. The molecule has 19 heavy (non-hydrogen) atoms. The molecule has 104 valence electrons. The fraction of sp³-hybridized carbons (Fsp3) is 0.500. The van der Waals surface area contributed by atoms with Crippen LogP contribution in [0.5, 0.6) is 0 Å². The van der Waals surface area contributed by atoms with E-state index in [0.717, 1.165) is 0 Å². The summed E-state index contributed by atoms with van der Waals surface area (Å²) in [4.78, 5) is 11.9. The molecule has 1 heterocycles. The lowest BCUT2D eigenvalue weighted by Gasteiger charge is -2.25. The molecule has 1 aromatic rings. The molecule has 1 N–H and O–H groups in total. The van der Waals surface area contributed by atoms with Gasteiger partial charge in [-0.15, -0.1) is 0 Å². The van der Waals surface area contributed by atoms with Crippen LogP contribution in [0, 0.1) is 0 Å². The van der Waals surface area contributed by atoms with Crippen molar-refractivity contribution in [1.82, 2.24) is 0 Å². The van der Waals surface area contributed by atoms with Gasteiger partial charge in [-0.05, 0) is 25.5 Å². The van der Waals surface area contributed by atoms with E-state index >= 15 is 0 Å². The maximum Gasteiger partial charge on any atom is 0.338 e. The monoisotopic (exact) mass is 268 g/mol. The number of hydrogen-bond donors (Lipinski definition) is 1. The summed E-state index contributed by atoms with van der Waals surface area (Å²) in [6, 6.07) is 8.34. The van der Waals surface area contributed by atoms with Gasteiger partial charge in [-0.2, -0.15) is 0 Å². The van der Waals surface area contributed by atoms with Gasteiger partial charge in [-0.3, -0.25) is 0 Å². The third-order valence-electron chi connectivity index (χ3n) is 3.33. The standard InChI is InChI=1S/C14H17FO4/c1-3-10-11(14(2,15)13(17)18-10)19-12(16)9-7-5-4-6-8-9/h4-8,10-11,13,17H,3H2,1-2H3/t10-,11-,13-,14-/m1/s1. The van der Waals surface area contributed by atoms with Gasteiger partial charge >= 0.3 is 5.97 Å². The molecule has 0 aromatic heterocycles. The first kappa shape index (κ1) is 14.0. The number of alkyl halides is 1. The number of carbonyl (C=O) groups excluding carboxylic acids is 1. The summed E-state index contributed by atoms with van der Waals surface area (Å²) < 4.78 is 24.6. The Kier molecular flexibility index (Phi) is 3.87. The molecule has 0 radical (unpaired) electrons. The van der Waals surface area contributed by atoms with E-state index in [9.17, 15) is 14.3 Å². The first-order valence-electron chi connectivity index (χ1n) is 6.25. The molecule has 1 aliphatic rings. The molecule has 1 aliphatic heterocycles. The number of aliphatic hydroxyl groups excluding tert-OH is 1. The molecule has 0 amide bonds. The van der Waals surface area contributed by atoms with E-state index < -0.39 is 30.1 Å². The Morgan fingerprint density at radius 3 is 2.68 bits per heavy atom. The number of carbonyl (C=O) groups is 1. The second kappa shape index (κ2) is 5.27. The lowest BCUT2D eigenvalue weighted by Crippen LogP contribution is -2.44. The van der Waals surface area contributed by atoms with Crippen molar-refractivity contribution in [2.45, 2.75) is 44.4 Å². The molecular formula is C14H17FO4. The highest BCUT2D eigenvalue weighted by Crippen LogP contribution is 2.37. The van der Waals surface area contributed by atoms with Crippen molar-refractivity contribution in [3.8, 4) is 0 Å². The average molecular weight is 268 g/mol. The van der Waals surface area contributed by atoms with E-state index in [4.69, 9.17) is 9.47 Å². The van der Waals surface area contributed by atoms with Crippen molar-refractivity contribution in [3.63, 3.8) is 0 Å². The van der Waals surface area contributed by atoms with Crippen molar-refractivity contribution in [1.29, 1.82) is 0 Å². The molecule has 1 saturated heterocycles. The summed E-state index contributed by atoms with van der Waals surface area (Å²) in [5, 5.41) is 9.52. The van der Waals surface area contributed by atoms with Crippen molar-refractivity contribution in [3.05, 3.63) is 35.9 Å². The second-order valence-corrected chi connectivity index (χ2v) is 4.78. The van der Waals surface area contributed by atoms with Crippen molar-refractivity contribution >= 4 is 5.97 Å². The highest BCUT2D eigenvalue weighted by atomic mass is 19.1. The van der Waals surface area contributed by atoms with Crippen molar-refractivity contribution < 1.29 is 23.8 Å². The Morgan fingerprint density at radius 1 is 1.47 bits per heavy atom. The minimum Gasteiger partial charge on any atom is -0.452 e. The van der Waals surface area contributed by atoms with Gasteiger partial charge in [0.15, 0.2) is 18.1 Å². The van der Waals surface area contributed by atoms with Gasteiger partial charge in [0, 0.05) is 0 Å². The Hall–Kier alpha value is -1.46. The van der Waals surface area contributed by atoms with Gasteiger partial charge in [-0.25, -0.2) is 9.18 Å².